The van der Waals surface area contributed by atoms with E-state index in [1.54, 1.807) is 24.3 Å². The lowest BCUT2D eigenvalue weighted by molar-refractivity contribution is 0.0933. The van der Waals surface area contributed by atoms with E-state index in [9.17, 15) is 4.79 Å². The highest BCUT2D eigenvalue weighted by atomic mass is 35.5. The monoisotopic (exact) mass is 368 g/mol. The number of carbonyl (C=O) groups excluding carboxylic acids is 1. The average Bonchev–Trinajstić information content (AvgIpc) is 3.20. The third-order valence-electron chi connectivity index (χ3n) is 4.23. The van der Waals surface area contributed by atoms with Crippen LogP contribution in [0.3, 0.4) is 0 Å². The summed E-state index contributed by atoms with van der Waals surface area (Å²) in [6, 6.07) is 11.0. The van der Waals surface area contributed by atoms with Crippen molar-refractivity contribution < 1.29 is 9.21 Å². The van der Waals surface area contributed by atoms with Gasteiger partial charge in [0.25, 0.3) is 5.91 Å². The van der Waals surface area contributed by atoms with E-state index in [0.717, 1.165) is 24.6 Å². The van der Waals surface area contributed by atoms with Gasteiger partial charge in [0.1, 0.15) is 11.5 Å². The van der Waals surface area contributed by atoms with Crippen LogP contribution in [0.15, 0.2) is 40.8 Å². The van der Waals surface area contributed by atoms with E-state index in [2.05, 4.69) is 10.2 Å². The number of nitrogens with zero attached hydrogens (tertiary/aromatic N) is 1. The van der Waals surface area contributed by atoms with Crippen molar-refractivity contribution in [2.45, 2.75) is 25.8 Å². The molecule has 6 heteroatoms. The number of halogens is 2. The van der Waals surface area contributed by atoms with E-state index in [-0.39, 0.29) is 24.4 Å². The van der Waals surface area contributed by atoms with Gasteiger partial charge in [-0.1, -0.05) is 11.6 Å². The van der Waals surface area contributed by atoms with Gasteiger partial charge >= 0.3 is 0 Å². The van der Waals surface area contributed by atoms with Gasteiger partial charge in [0.2, 0.25) is 0 Å². The van der Waals surface area contributed by atoms with Crippen LogP contribution in [0.25, 0.3) is 0 Å². The fourth-order valence-electron chi connectivity index (χ4n) is 2.99. The van der Waals surface area contributed by atoms with Gasteiger partial charge < -0.3 is 9.73 Å². The Morgan fingerprint density at radius 2 is 1.88 bits per heavy atom. The molecule has 0 aliphatic carbocycles. The molecular formula is C18H22Cl2N2O2. The molecule has 4 nitrogen and oxygen atoms in total. The molecule has 0 radical (unpaired) electrons. The molecule has 1 fully saturated rings. The fraction of sp³-hybridized carbons (Fsp3) is 0.389. The molecule has 1 saturated heterocycles. The summed E-state index contributed by atoms with van der Waals surface area (Å²) in [7, 11) is 0. The number of amides is 1. The summed E-state index contributed by atoms with van der Waals surface area (Å²) in [5, 5.41) is 3.65. The van der Waals surface area contributed by atoms with Gasteiger partial charge in [0.05, 0.1) is 6.04 Å². The fourth-order valence-corrected chi connectivity index (χ4v) is 3.11. The van der Waals surface area contributed by atoms with Gasteiger partial charge in [-0.05, 0) is 69.3 Å². The highest BCUT2D eigenvalue weighted by Gasteiger charge is 2.26. The van der Waals surface area contributed by atoms with Crippen molar-refractivity contribution in [2.24, 2.45) is 0 Å². The summed E-state index contributed by atoms with van der Waals surface area (Å²) in [6.45, 7) is 4.56. The molecule has 0 bridgehead atoms. The molecular weight excluding hydrogens is 347 g/mol. The van der Waals surface area contributed by atoms with Crippen LogP contribution in [-0.2, 0) is 0 Å². The maximum Gasteiger partial charge on any atom is 0.251 e. The molecule has 130 valence electrons. The van der Waals surface area contributed by atoms with Gasteiger partial charge in [-0.25, -0.2) is 0 Å². The van der Waals surface area contributed by atoms with Crippen molar-refractivity contribution in [1.29, 1.82) is 0 Å². The van der Waals surface area contributed by atoms with Crippen molar-refractivity contribution in [3.05, 3.63) is 58.5 Å². The standard InChI is InChI=1S/C18H21ClN2O2.ClH/c1-13-4-9-17(23-13)16(21-10-2-3-11-21)12-20-18(22)14-5-7-15(19)8-6-14;/h4-9,16H,2-3,10-12H2,1H3,(H,20,22);1H. The molecule has 1 unspecified atom stereocenters. The Balaban J connectivity index is 0.00000208. The number of rotatable bonds is 5. The van der Waals surface area contributed by atoms with Crippen LogP contribution in [0.2, 0.25) is 5.02 Å². The second kappa shape index (κ2) is 8.56. The first kappa shape index (κ1) is 18.8. The Kier molecular flexibility index (Phi) is 6.72. The molecule has 24 heavy (non-hydrogen) atoms. The van der Waals surface area contributed by atoms with Crippen molar-refractivity contribution in [2.75, 3.05) is 19.6 Å². The third-order valence-corrected chi connectivity index (χ3v) is 4.49. The van der Waals surface area contributed by atoms with E-state index < -0.39 is 0 Å². The number of furan rings is 1. The van der Waals surface area contributed by atoms with Gasteiger partial charge in [-0.3, -0.25) is 9.69 Å². The minimum Gasteiger partial charge on any atom is -0.465 e. The lowest BCUT2D eigenvalue weighted by Gasteiger charge is -2.26. The summed E-state index contributed by atoms with van der Waals surface area (Å²) < 4.78 is 5.80. The smallest absolute Gasteiger partial charge is 0.251 e. The van der Waals surface area contributed by atoms with E-state index in [1.165, 1.54) is 12.8 Å². The molecule has 2 aromatic rings. The van der Waals surface area contributed by atoms with Crippen LogP contribution >= 0.6 is 24.0 Å². The largest absolute Gasteiger partial charge is 0.465 e. The first-order valence-corrected chi connectivity index (χ1v) is 8.35. The topological polar surface area (TPSA) is 45.5 Å². The molecule has 1 aromatic carbocycles. The predicted molar refractivity (Wildman–Crippen MR) is 98.0 cm³/mol. The Morgan fingerprint density at radius 1 is 1.21 bits per heavy atom. The molecule has 1 aromatic heterocycles. The Hall–Kier alpha value is -1.49. The van der Waals surface area contributed by atoms with Crippen LogP contribution in [0.1, 0.15) is 40.8 Å². The minimum absolute atomic E-state index is 0. The normalized spacial score (nSPS) is 15.8. The summed E-state index contributed by atoms with van der Waals surface area (Å²) in [5.41, 5.74) is 0.616. The second-order valence-corrected chi connectivity index (χ2v) is 6.36. The summed E-state index contributed by atoms with van der Waals surface area (Å²) in [4.78, 5) is 14.7. The number of hydrogen-bond acceptors (Lipinski definition) is 3. The summed E-state index contributed by atoms with van der Waals surface area (Å²) >= 11 is 5.86. The zero-order valence-electron chi connectivity index (χ0n) is 13.6. The van der Waals surface area contributed by atoms with E-state index >= 15 is 0 Å². The number of hydrogen-bond donors (Lipinski definition) is 1. The molecule has 1 N–H and O–H groups in total. The number of likely N-dealkylation sites (tertiary alicyclic amines) is 1. The predicted octanol–water partition coefficient (Wildman–Crippen LogP) is 4.23. The Morgan fingerprint density at radius 3 is 2.46 bits per heavy atom. The third kappa shape index (κ3) is 4.53. The lowest BCUT2D eigenvalue weighted by Crippen LogP contribution is -2.36. The van der Waals surface area contributed by atoms with Gasteiger partial charge in [-0.15, -0.1) is 12.4 Å². The SMILES string of the molecule is Cc1ccc(C(CNC(=O)c2ccc(Cl)cc2)N2CCCC2)o1.Cl. The molecule has 1 aliphatic rings. The van der Waals surface area contributed by atoms with Crippen molar-refractivity contribution in [3.63, 3.8) is 0 Å². The molecule has 2 heterocycles. The number of nitrogens with one attached hydrogen (secondary N) is 1. The van der Waals surface area contributed by atoms with Crippen LogP contribution in [0.5, 0.6) is 0 Å². The first-order valence-electron chi connectivity index (χ1n) is 7.97. The number of aryl methyl sites for hydroxylation is 1. The molecule has 0 saturated carbocycles. The highest BCUT2D eigenvalue weighted by Crippen LogP contribution is 2.26. The maximum absolute atomic E-state index is 12.3. The van der Waals surface area contributed by atoms with E-state index in [0.29, 0.717) is 17.1 Å². The van der Waals surface area contributed by atoms with Crippen LogP contribution in [-0.4, -0.2) is 30.4 Å². The molecule has 1 atom stereocenters. The lowest BCUT2D eigenvalue weighted by atomic mass is 10.1. The minimum atomic E-state index is -0.0888. The van der Waals surface area contributed by atoms with Crippen molar-refractivity contribution in [1.82, 2.24) is 10.2 Å². The maximum atomic E-state index is 12.3. The Bertz CT molecular complexity index is 664. The zero-order chi connectivity index (χ0) is 16.2. The van der Waals surface area contributed by atoms with Crippen LogP contribution in [0, 0.1) is 6.92 Å². The Labute approximate surface area is 153 Å². The van der Waals surface area contributed by atoms with Crippen molar-refractivity contribution in [3.8, 4) is 0 Å². The molecule has 3 rings (SSSR count). The second-order valence-electron chi connectivity index (χ2n) is 5.92. The zero-order valence-corrected chi connectivity index (χ0v) is 15.2. The average molecular weight is 369 g/mol. The van der Waals surface area contributed by atoms with Crippen LogP contribution < -0.4 is 5.32 Å². The molecule has 1 aliphatic heterocycles. The van der Waals surface area contributed by atoms with E-state index in [1.807, 2.05) is 19.1 Å². The van der Waals surface area contributed by atoms with Gasteiger partial charge in [0, 0.05) is 17.1 Å². The molecule has 1 amide bonds. The van der Waals surface area contributed by atoms with E-state index in [4.69, 9.17) is 16.0 Å². The summed E-state index contributed by atoms with van der Waals surface area (Å²) in [6.07, 6.45) is 2.39. The first-order chi connectivity index (χ1) is 11.1. The number of benzene rings is 1. The molecule has 0 spiro atoms. The summed E-state index contributed by atoms with van der Waals surface area (Å²) in [5.74, 6) is 1.73. The van der Waals surface area contributed by atoms with Gasteiger partial charge in [0.15, 0.2) is 0 Å². The number of carbonyl (C=O) groups is 1. The highest BCUT2D eigenvalue weighted by molar-refractivity contribution is 6.30. The van der Waals surface area contributed by atoms with Crippen molar-refractivity contribution >= 4 is 29.9 Å². The quantitative estimate of drug-likeness (QED) is 0.858. The van der Waals surface area contributed by atoms with Gasteiger partial charge in [-0.2, -0.15) is 0 Å². The van der Waals surface area contributed by atoms with Crippen LogP contribution in [0.4, 0.5) is 0 Å².